The number of hydrogen-bond donors (Lipinski definition) is 1. The molecule has 0 unspecified atom stereocenters. The van der Waals surface area contributed by atoms with Crippen LogP contribution in [0.5, 0.6) is 0 Å². The molecule has 1 heterocycles. The number of aromatic nitrogens is 1. The van der Waals surface area contributed by atoms with Gasteiger partial charge < -0.3 is 9.73 Å². The van der Waals surface area contributed by atoms with E-state index in [0.717, 1.165) is 11.8 Å². The van der Waals surface area contributed by atoms with Gasteiger partial charge >= 0.3 is 0 Å². The molecule has 20 heavy (non-hydrogen) atoms. The van der Waals surface area contributed by atoms with Gasteiger partial charge in [-0.25, -0.2) is 4.98 Å². The minimum Gasteiger partial charge on any atom is -0.443 e. The molecule has 0 fully saturated rings. The summed E-state index contributed by atoms with van der Waals surface area (Å²) in [7, 11) is 1.92. The Labute approximate surface area is 117 Å². The molecular formula is C16H16N2O2. The number of nitrogens with one attached hydrogen (secondary N) is 1. The lowest BCUT2D eigenvalue weighted by Crippen LogP contribution is -1.85. The van der Waals surface area contributed by atoms with Gasteiger partial charge in [0.2, 0.25) is 0 Å². The molecule has 3 aromatic rings. The minimum atomic E-state index is 0.606. The topological polar surface area (TPSA) is 55.1 Å². The third-order valence-electron chi connectivity index (χ3n) is 2.83. The Hall–Kier alpha value is -2.62. The molecule has 0 aliphatic carbocycles. The Morgan fingerprint density at radius 2 is 1.90 bits per heavy atom. The highest BCUT2D eigenvalue weighted by Crippen LogP contribution is 2.12. The highest BCUT2D eigenvalue weighted by atomic mass is 16.3. The maximum Gasteiger partial charge on any atom is 0.181 e. The summed E-state index contributed by atoms with van der Waals surface area (Å²) in [5.41, 5.74) is 4.49. The number of aldehydes is 1. The second kappa shape index (κ2) is 6.52. The largest absolute Gasteiger partial charge is 0.443 e. The van der Waals surface area contributed by atoms with Crippen LogP contribution in [0.25, 0.3) is 11.1 Å². The van der Waals surface area contributed by atoms with Gasteiger partial charge in [0.25, 0.3) is 0 Å². The van der Waals surface area contributed by atoms with Crippen LogP contribution in [0.4, 0.5) is 5.69 Å². The number of benzene rings is 2. The molecule has 1 N–H and O–H groups in total. The average molecular weight is 268 g/mol. The summed E-state index contributed by atoms with van der Waals surface area (Å²) in [4.78, 5) is 14.2. The number of anilines is 1. The predicted octanol–water partition coefficient (Wildman–Crippen LogP) is 3.68. The monoisotopic (exact) mass is 268 g/mol. The molecule has 4 nitrogen and oxygen atoms in total. The first-order valence-corrected chi connectivity index (χ1v) is 6.26. The number of fused-ring (bicyclic) bond motifs is 1. The number of nitrogens with zero attached hydrogens (tertiary/aromatic N) is 1. The average Bonchev–Trinajstić information content (AvgIpc) is 2.96. The standard InChI is InChI=1S/C8H5NO2.C8H11N/c10-4-6-1-2-7-8(3-6)11-5-9-7;1-7-3-5-8(9-2)6-4-7/h1-5H;3-6,9H,1-2H3. The van der Waals surface area contributed by atoms with Crippen molar-refractivity contribution in [3.05, 3.63) is 60.0 Å². The lowest BCUT2D eigenvalue weighted by molar-refractivity contribution is 0.112. The van der Waals surface area contributed by atoms with E-state index >= 15 is 0 Å². The summed E-state index contributed by atoms with van der Waals surface area (Å²) in [6.07, 6.45) is 2.14. The second-order valence-electron chi connectivity index (χ2n) is 4.31. The van der Waals surface area contributed by atoms with E-state index in [9.17, 15) is 4.79 Å². The van der Waals surface area contributed by atoms with Crippen LogP contribution in [0.15, 0.2) is 53.3 Å². The Kier molecular flexibility index (Phi) is 4.50. The SMILES string of the molecule is CNc1ccc(C)cc1.O=Cc1ccc2ncoc2c1. The van der Waals surface area contributed by atoms with Crippen LogP contribution in [-0.2, 0) is 0 Å². The van der Waals surface area contributed by atoms with E-state index in [-0.39, 0.29) is 0 Å². The third-order valence-corrected chi connectivity index (χ3v) is 2.83. The summed E-state index contributed by atoms with van der Waals surface area (Å²) in [6, 6.07) is 13.4. The van der Waals surface area contributed by atoms with E-state index in [2.05, 4.69) is 41.5 Å². The molecule has 0 bridgehead atoms. The Morgan fingerprint density at radius 1 is 1.15 bits per heavy atom. The fraction of sp³-hybridized carbons (Fsp3) is 0.125. The number of rotatable bonds is 2. The quantitative estimate of drug-likeness (QED) is 0.720. The normalized spacial score (nSPS) is 9.70. The van der Waals surface area contributed by atoms with Crippen LogP contribution in [0.1, 0.15) is 15.9 Å². The highest BCUT2D eigenvalue weighted by Gasteiger charge is 1.97. The molecule has 3 rings (SSSR count). The lowest BCUT2D eigenvalue weighted by Gasteiger charge is -1.97. The molecule has 0 spiro atoms. The zero-order chi connectivity index (χ0) is 14.4. The maximum atomic E-state index is 10.3. The number of carbonyl (C=O) groups excluding carboxylic acids is 1. The molecule has 0 aliphatic heterocycles. The van der Waals surface area contributed by atoms with Crippen molar-refractivity contribution >= 4 is 23.1 Å². The summed E-state index contributed by atoms with van der Waals surface area (Å²) in [5, 5.41) is 3.05. The summed E-state index contributed by atoms with van der Waals surface area (Å²) < 4.78 is 4.99. The molecule has 0 aliphatic rings. The minimum absolute atomic E-state index is 0.606. The number of oxazole rings is 1. The Bertz CT molecular complexity index is 687. The van der Waals surface area contributed by atoms with E-state index in [1.807, 2.05) is 7.05 Å². The van der Waals surface area contributed by atoms with Crippen LogP contribution in [0.3, 0.4) is 0 Å². The van der Waals surface area contributed by atoms with Crippen LogP contribution in [0, 0.1) is 6.92 Å². The van der Waals surface area contributed by atoms with Crippen molar-refractivity contribution in [3.63, 3.8) is 0 Å². The van der Waals surface area contributed by atoms with Gasteiger partial charge in [0.05, 0.1) is 0 Å². The molecule has 0 radical (unpaired) electrons. The van der Waals surface area contributed by atoms with E-state index in [0.29, 0.717) is 11.1 Å². The molecule has 0 saturated heterocycles. The van der Waals surface area contributed by atoms with Crippen LogP contribution >= 0.6 is 0 Å². The molecule has 2 aromatic carbocycles. The van der Waals surface area contributed by atoms with E-state index < -0.39 is 0 Å². The fourth-order valence-electron chi connectivity index (χ4n) is 1.67. The van der Waals surface area contributed by atoms with Crippen molar-refractivity contribution in [2.24, 2.45) is 0 Å². The van der Waals surface area contributed by atoms with Gasteiger partial charge in [-0.3, -0.25) is 4.79 Å². The molecule has 0 atom stereocenters. The number of aryl methyl sites for hydroxylation is 1. The Balaban J connectivity index is 0.000000151. The Morgan fingerprint density at radius 3 is 2.55 bits per heavy atom. The van der Waals surface area contributed by atoms with Gasteiger partial charge in [-0.05, 0) is 37.3 Å². The van der Waals surface area contributed by atoms with Crippen LogP contribution < -0.4 is 5.32 Å². The van der Waals surface area contributed by atoms with Crippen molar-refractivity contribution < 1.29 is 9.21 Å². The second-order valence-corrected chi connectivity index (χ2v) is 4.31. The van der Waals surface area contributed by atoms with Crippen molar-refractivity contribution in [2.75, 3.05) is 12.4 Å². The summed E-state index contributed by atoms with van der Waals surface area (Å²) in [5.74, 6) is 0. The van der Waals surface area contributed by atoms with Crippen molar-refractivity contribution in [1.29, 1.82) is 0 Å². The van der Waals surface area contributed by atoms with Crippen LogP contribution in [0.2, 0.25) is 0 Å². The van der Waals surface area contributed by atoms with Gasteiger partial charge in [0.1, 0.15) is 11.8 Å². The molecule has 102 valence electrons. The molecule has 0 saturated carbocycles. The van der Waals surface area contributed by atoms with Crippen molar-refractivity contribution in [2.45, 2.75) is 6.92 Å². The third kappa shape index (κ3) is 3.45. The van der Waals surface area contributed by atoms with Crippen molar-refractivity contribution in [3.8, 4) is 0 Å². The fourth-order valence-corrected chi connectivity index (χ4v) is 1.67. The van der Waals surface area contributed by atoms with E-state index in [1.54, 1.807) is 18.2 Å². The molecular weight excluding hydrogens is 252 g/mol. The van der Waals surface area contributed by atoms with E-state index in [4.69, 9.17) is 4.42 Å². The predicted molar refractivity (Wildman–Crippen MR) is 80.1 cm³/mol. The zero-order valence-corrected chi connectivity index (χ0v) is 11.5. The first-order valence-electron chi connectivity index (χ1n) is 6.26. The number of hydrogen-bond acceptors (Lipinski definition) is 4. The molecule has 1 aromatic heterocycles. The van der Waals surface area contributed by atoms with Gasteiger partial charge in [-0.2, -0.15) is 0 Å². The van der Waals surface area contributed by atoms with Gasteiger partial charge in [-0.15, -0.1) is 0 Å². The van der Waals surface area contributed by atoms with Crippen LogP contribution in [-0.4, -0.2) is 18.3 Å². The lowest BCUT2D eigenvalue weighted by atomic mass is 10.2. The van der Waals surface area contributed by atoms with Gasteiger partial charge in [-0.1, -0.05) is 17.7 Å². The first kappa shape index (κ1) is 13.8. The van der Waals surface area contributed by atoms with Gasteiger partial charge in [0, 0.05) is 18.3 Å². The molecule has 0 amide bonds. The number of carbonyl (C=O) groups is 1. The van der Waals surface area contributed by atoms with E-state index in [1.165, 1.54) is 17.6 Å². The molecule has 4 heteroatoms. The summed E-state index contributed by atoms with van der Waals surface area (Å²) >= 11 is 0. The van der Waals surface area contributed by atoms with Crippen molar-refractivity contribution in [1.82, 2.24) is 4.98 Å². The van der Waals surface area contributed by atoms with Gasteiger partial charge in [0.15, 0.2) is 12.0 Å². The summed E-state index contributed by atoms with van der Waals surface area (Å²) in [6.45, 7) is 2.08. The zero-order valence-electron chi connectivity index (χ0n) is 11.5. The maximum absolute atomic E-state index is 10.3. The smallest absolute Gasteiger partial charge is 0.181 e. The first-order chi connectivity index (χ1) is 9.72. The highest BCUT2D eigenvalue weighted by molar-refractivity contribution is 5.83.